The highest BCUT2D eigenvalue weighted by Gasteiger charge is 2.20. The minimum atomic E-state index is -0.703. The first kappa shape index (κ1) is 23.6. The molecule has 0 saturated carbocycles. The smallest absolute Gasteiger partial charge is 0.291 e. The minimum Gasteiger partial charge on any atom is -0.495 e. The number of carbonyl (C=O) groups is 2. The van der Waals surface area contributed by atoms with Crippen molar-refractivity contribution in [2.24, 2.45) is 0 Å². The van der Waals surface area contributed by atoms with E-state index in [0.29, 0.717) is 22.5 Å². The Hall–Kier alpha value is -5.18. The number of nitrogens with zero attached hydrogens (tertiary/aromatic N) is 2. The zero-order valence-corrected chi connectivity index (χ0v) is 19.8. The fourth-order valence-electron chi connectivity index (χ4n) is 3.93. The van der Waals surface area contributed by atoms with Gasteiger partial charge in [-0.1, -0.05) is 42.5 Å². The van der Waals surface area contributed by atoms with Crippen molar-refractivity contribution in [2.45, 2.75) is 6.54 Å². The van der Waals surface area contributed by atoms with Crippen LogP contribution >= 0.6 is 0 Å². The van der Waals surface area contributed by atoms with Crippen LogP contribution in [0.4, 0.5) is 11.4 Å². The molecule has 0 fully saturated rings. The molecule has 2 amide bonds. The molecule has 9 nitrogen and oxygen atoms in total. The summed E-state index contributed by atoms with van der Waals surface area (Å²) in [7, 11) is 1.45. The van der Waals surface area contributed by atoms with Crippen LogP contribution < -0.4 is 20.9 Å². The Kier molecular flexibility index (Phi) is 6.50. The highest BCUT2D eigenvalue weighted by Crippen LogP contribution is 2.28. The molecular weight excluding hydrogens is 472 g/mol. The third-order valence-corrected chi connectivity index (χ3v) is 5.70. The number of hydrogen-bond acceptors (Lipinski definition) is 6. The summed E-state index contributed by atoms with van der Waals surface area (Å²) in [6.45, 7) is 0.278. The first-order valence-corrected chi connectivity index (χ1v) is 11.4. The van der Waals surface area contributed by atoms with Crippen molar-refractivity contribution in [1.29, 1.82) is 0 Å². The lowest BCUT2D eigenvalue weighted by atomic mass is 10.2. The topological polar surface area (TPSA) is 115 Å². The monoisotopic (exact) mass is 494 g/mol. The van der Waals surface area contributed by atoms with Crippen molar-refractivity contribution in [2.75, 3.05) is 17.7 Å². The van der Waals surface area contributed by atoms with Crippen LogP contribution in [0.25, 0.3) is 11.0 Å². The van der Waals surface area contributed by atoms with Crippen molar-refractivity contribution in [1.82, 2.24) is 9.55 Å². The summed E-state index contributed by atoms with van der Waals surface area (Å²) in [6, 6.07) is 24.5. The van der Waals surface area contributed by atoms with E-state index in [4.69, 9.17) is 9.15 Å². The summed E-state index contributed by atoms with van der Waals surface area (Å²) in [5.41, 5.74) is 1.90. The van der Waals surface area contributed by atoms with Gasteiger partial charge in [-0.15, -0.1) is 0 Å². The molecule has 184 valence electrons. The zero-order chi connectivity index (χ0) is 25.8. The van der Waals surface area contributed by atoms with Crippen LogP contribution in [-0.2, 0) is 6.54 Å². The molecule has 0 radical (unpaired) electrons. The lowest BCUT2D eigenvalue weighted by Gasteiger charge is -2.14. The summed E-state index contributed by atoms with van der Waals surface area (Å²) < 4.78 is 12.0. The van der Waals surface area contributed by atoms with Gasteiger partial charge in [-0.05, 0) is 48.0 Å². The number of furan rings is 1. The minimum absolute atomic E-state index is 0.140. The zero-order valence-electron chi connectivity index (χ0n) is 19.8. The van der Waals surface area contributed by atoms with Gasteiger partial charge in [-0.2, -0.15) is 0 Å². The summed E-state index contributed by atoms with van der Waals surface area (Å²) in [5.74, 6) is -0.673. The number of rotatable bonds is 7. The second-order valence-electron chi connectivity index (χ2n) is 8.13. The van der Waals surface area contributed by atoms with Crippen molar-refractivity contribution >= 4 is 34.2 Å². The van der Waals surface area contributed by atoms with Gasteiger partial charge in [0, 0.05) is 5.69 Å². The third-order valence-electron chi connectivity index (χ3n) is 5.70. The second-order valence-corrected chi connectivity index (χ2v) is 8.13. The fourth-order valence-corrected chi connectivity index (χ4v) is 3.93. The normalized spacial score (nSPS) is 10.7. The maximum Gasteiger partial charge on any atom is 0.291 e. The van der Waals surface area contributed by atoms with E-state index in [2.05, 4.69) is 15.6 Å². The summed E-state index contributed by atoms with van der Waals surface area (Å²) in [6.07, 6.45) is 1.40. The van der Waals surface area contributed by atoms with Crippen LogP contribution in [0.3, 0.4) is 0 Å². The molecule has 0 aliphatic heterocycles. The third kappa shape index (κ3) is 4.96. The van der Waals surface area contributed by atoms with Gasteiger partial charge in [0.2, 0.25) is 0 Å². The van der Waals surface area contributed by atoms with E-state index < -0.39 is 17.4 Å². The van der Waals surface area contributed by atoms with Gasteiger partial charge >= 0.3 is 0 Å². The average molecular weight is 495 g/mol. The summed E-state index contributed by atoms with van der Waals surface area (Å²) >= 11 is 0. The Morgan fingerprint density at radius 2 is 1.70 bits per heavy atom. The number of para-hydroxylation sites is 2. The first-order chi connectivity index (χ1) is 18.0. The molecule has 0 bridgehead atoms. The van der Waals surface area contributed by atoms with Crippen LogP contribution in [0.5, 0.6) is 5.75 Å². The van der Waals surface area contributed by atoms with Crippen molar-refractivity contribution in [3.05, 3.63) is 119 Å². The molecule has 3 aromatic carbocycles. The Morgan fingerprint density at radius 3 is 2.46 bits per heavy atom. The van der Waals surface area contributed by atoms with Gasteiger partial charge in [-0.3, -0.25) is 14.4 Å². The second kappa shape index (κ2) is 10.2. The Bertz CT molecular complexity index is 1640. The molecule has 2 N–H and O–H groups in total. The number of nitrogens with one attached hydrogen (secondary N) is 2. The number of carbonyl (C=O) groups excluding carboxylic acids is 2. The van der Waals surface area contributed by atoms with Gasteiger partial charge in [0.15, 0.2) is 11.5 Å². The number of hydrogen-bond donors (Lipinski definition) is 2. The Labute approximate surface area is 211 Å². The highest BCUT2D eigenvalue weighted by atomic mass is 16.5. The van der Waals surface area contributed by atoms with Gasteiger partial charge in [0.25, 0.3) is 17.4 Å². The largest absolute Gasteiger partial charge is 0.495 e. The van der Waals surface area contributed by atoms with Gasteiger partial charge in [0.05, 0.1) is 36.6 Å². The SMILES string of the molecule is COc1ccc(NC(=O)c2ccco2)cc1NC(=O)c1nc2ccccc2n(Cc2ccccc2)c1=O. The molecule has 0 aliphatic rings. The number of amides is 2. The maximum atomic E-state index is 13.5. The van der Waals surface area contributed by atoms with E-state index in [9.17, 15) is 14.4 Å². The van der Waals surface area contributed by atoms with E-state index in [-0.39, 0.29) is 23.7 Å². The summed E-state index contributed by atoms with van der Waals surface area (Å²) in [4.78, 5) is 43.5. The molecule has 9 heteroatoms. The number of benzene rings is 3. The average Bonchev–Trinajstić information content (AvgIpc) is 3.46. The van der Waals surface area contributed by atoms with Crippen molar-refractivity contribution in [3.8, 4) is 5.75 Å². The van der Waals surface area contributed by atoms with E-state index >= 15 is 0 Å². The molecule has 0 saturated heterocycles. The van der Waals surface area contributed by atoms with Gasteiger partial charge < -0.3 is 24.4 Å². The predicted octanol–water partition coefficient (Wildman–Crippen LogP) is 4.55. The predicted molar refractivity (Wildman–Crippen MR) is 139 cm³/mol. The fraction of sp³-hybridized carbons (Fsp3) is 0.0714. The lowest BCUT2D eigenvalue weighted by Crippen LogP contribution is -2.31. The lowest BCUT2D eigenvalue weighted by molar-refractivity contribution is 0.0994. The van der Waals surface area contributed by atoms with Crippen molar-refractivity contribution < 1.29 is 18.7 Å². The van der Waals surface area contributed by atoms with E-state index in [0.717, 1.165) is 5.56 Å². The molecule has 5 rings (SSSR count). The van der Waals surface area contributed by atoms with Crippen LogP contribution in [-0.4, -0.2) is 28.5 Å². The molecule has 0 atom stereocenters. The quantitative estimate of drug-likeness (QED) is 0.343. The Balaban J connectivity index is 1.49. The highest BCUT2D eigenvalue weighted by molar-refractivity contribution is 6.06. The molecule has 2 aromatic heterocycles. The number of methoxy groups -OCH3 is 1. The molecule has 2 heterocycles. The molecule has 37 heavy (non-hydrogen) atoms. The number of ether oxygens (including phenoxy) is 1. The number of aromatic nitrogens is 2. The molecule has 0 spiro atoms. The maximum absolute atomic E-state index is 13.5. The van der Waals surface area contributed by atoms with Gasteiger partial charge in [-0.25, -0.2) is 4.98 Å². The van der Waals surface area contributed by atoms with E-state index in [1.807, 2.05) is 36.4 Å². The number of anilines is 2. The first-order valence-electron chi connectivity index (χ1n) is 11.4. The van der Waals surface area contributed by atoms with Gasteiger partial charge in [0.1, 0.15) is 5.75 Å². The molecule has 5 aromatic rings. The number of fused-ring (bicyclic) bond motifs is 1. The van der Waals surface area contributed by atoms with Crippen LogP contribution in [0.1, 0.15) is 26.6 Å². The van der Waals surface area contributed by atoms with E-state index in [1.54, 1.807) is 36.4 Å². The van der Waals surface area contributed by atoms with Crippen LogP contribution in [0.2, 0.25) is 0 Å². The summed E-state index contributed by atoms with van der Waals surface area (Å²) in [5, 5.41) is 5.41. The van der Waals surface area contributed by atoms with Crippen LogP contribution in [0.15, 0.2) is 100 Å². The standard InChI is InChI=1S/C28H22N4O5/c1-36-23-14-13-19(29-26(33)24-12-7-15-37-24)16-21(23)31-27(34)25-28(35)32(17-18-8-3-2-4-9-18)22-11-6-5-10-20(22)30-25/h2-16H,17H2,1H3,(H,29,33)(H,31,34). The molecular formula is C28H22N4O5. The Morgan fingerprint density at radius 1 is 0.919 bits per heavy atom. The molecule has 0 unspecified atom stereocenters. The molecule has 0 aliphatic carbocycles. The van der Waals surface area contributed by atoms with Crippen LogP contribution in [0, 0.1) is 0 Å². The van der Waals surface area contributed by atoms with Crippen molar-refractivity contribution in [3.63, 3.8) is 0 Å². The van der Waals surface area contributed by atoms with E-state index in [1.165, 1.54) is 30.1 Å².